The monoisotopic (exact) mass is 239 g/mol. The summed E-state index contributed by atoms with van der Waals surface area (Å²) in [5, 5.41) is 3.20. The molecule has 2 heteroatoms. The van der Waals surface area contributed by atoms with E-state index in [-0.39, 0.29) is 5.91 Å². The maximum atomic E-state index is 11.5. The van der Waals surface area contributed by atoms with Gasteiger partial charge >= 0.3 is 0 Å². The Hall–Kier alpha value is -0.530. The molecule has 1 saturated carbocycles. The van der Waals surface area contributed by atoms with Crippen LogP contribution in [0.3, 0.4) is 0 Å². The van der Waals surface area contributed by atoms with Crippen molar-refractivity contribution in [3.63, 3.8) is 0 Å². The maximum absolute atomic E-state index is 11.5. The molecule has 1 aliphatic carbocycles. The quantitative estimate of drug-likeness (QED) is 0.744. The van der Waals surface area contributed by atoms with E-state index in [0.29, 0.717) is 17.9 Å². The normalized spacial score (nSPS) is 23.4. The van der Waals surface area contributed by atoms with E-state index < -0.39 is 0 Å². The van der Waals surface area contributed by atoms with Crippen molar-refractivity contribution in [3.8, 4) is 0 Å². The van der Waals surface area contributed by atoms with Gasteiger partial charge in [-0.25, -0.2) is 0 Å². The summed E-state index contributed by atoms with van der Waals surface area (Å²) in [6.45, 7) is 6.50. The second-order valence-corrected chi connectivity index (χ2v) is 5.71. The number of rotatable bonds is 6. The van der Waals surface area contributed by atoms with Crippen LogP contribution in [0.25, 0.3) is 0 Å². The Kier molecular flexibility index (Phi) is 6.01. The van der Waals surface area contributed by atoms with Gasteiger partial charge in [-0.2, -0.15) is 0 Å². The van der Waals surface area contributed by atoms with Crippen LogP contribution in [0.15, 0.2) is 0 Å². The lowest BCUT2D eigenvalue weighted by Crippen LogP contribution is -2.42. The summed E-state index contributed by atoms with van der Waals surface area (Å²) in [5.74, 6) is 0.221. The lowest BCUT2D eigenvalue weighted by molar-refractivity contribution is -0.122. The predicted molar refractivity (Wildman–Crippen MR) is 72.9 cm³/mol. The highest BCUT2D eigenvalue weighted by molar-refractivity contribution is 5.75. The van der Waals surface area contributed by atoms with E-state index in [9.17, 15) is 4.79 Å². The molecule has 1 aliphatic rings. The topological polar surface area (TPSA) is 29.1 Å². The first-order chi connectivity index (χ1) is 8.15. The Labute approximate surface area is 107 Å². The Morgan fingerprint density at radius 1 is 1.24 bits per heavy atom. The van der Waals surface area contributed by atoms with Crippen molar-refractivity contribution >= 4 is 5.91 Å². The van der Waals surface area contributed by atoms with Crippen molar-refractivity contribution in [2.75, 3.05) is 0 Å². The first-order valence-electron chi connectivity index (χ1n) is 7.45. The molecule has 0 aromatic heterocycles. The number of hydrogen-bond acceptors (Lipinski definition) is 1. The molecule has 0 spiro atoms. The second kappa shape index (κ2) is 7.03. The van der Waals surface area contributed by atoms with Gasteiger partial charge in [-0.05, 0) is 37.5 Å². The first-order valence-corrected chi connectivity index (χ1v) is 7.45. The molecular formula is C15H29NO. The molecule has 0 aliphatic heterocycles. The van der Waals surface area contributed by atoms with Crippen LogP contribution in [0.4, 0.5) is 0 Å². The summed E-state index contributed by atoms with van der Waals surface area (Å²) in [4.78, 5) is 11.5. The van der Waals surface area contributed by atoms with E-state index in [1.807, 2.05) is 6.92 Å². The van der Waals surface area contributed by atoms with Crippen molar-refractivity contribution in [1.82, 2.24) is 5.32 Å². The van der Waals surface area contributed by atoms with Crippen LogP contribution in [-0.4, -0.2) is 11.9 Å². The largest absolute Gasteiger partial charge is 0.353 e. The molecule has 0 radical (unpaired) electrons. The highest BCUT2D eigenvalue weighted by Gasteiger charge is 2.35. The third-order valence-electron chi connectivity index (χ3n) is 4.19. The zero-order valence-electron chi connectivity index (χ0n) is 11.8. The fraction of sp³-hybridized carbons (Fsp3) is 0.933. The molecule has 0 bridgehead atoms. The van der Waals surface area contributed by atoms with Crippen LogP contribution in [0, 0.1) is 5.41 Å². The molecular weight excluding hydrogens is 210 g/mol. The van der Waals surface area contributed by atoms with Gasteiger partial charge in [0.05, 0.1) is 0 Å². The van der Waals surface area contributed by atoms with Gasteiger partial charge in [0.1, 0.15) is 0 Å². The highest BCUT2D eigenvalue weighted by atomic mass is 16.1. The molecule has 1 rings (SSSR count). The number of amides is 1. The van der Waals surface area contributed by atoms with Crippen LogP contribution >= 0.6 is 0 Å². The first kappa shape index (κ1) is 14.5. The lowest BCUT2D eigenvalue weighted by atomic mass is 9.67. The van der Waals surface area contributed by atoms with Crippen molar-refractivity contribution in [1.29, 1.82) is 0 Å². The minimum Gasteiger partial charge on any atom is -0.353 e. The van der Waals surface area contributed by atoms with E-state index in [2.05, 4.69) is 19.2 Å². The Morgan fingerprint density at radius 3 is 2.41 bits per heavy atom. The number of carbonyl (C=O) groups excluding carboxylic acids is 1. The minimum absolute atomic E-state index is 0.221. The van der Waals surface area contributed by atoms with Crippen molar-refractivity contribution in [2.24, 2.45) is 5.41 Å². The van der Waals surface area contributed by atoms with Crippen LogP contribution in [0.2, 0.25) is 0 Å². The molecule has 0 aromatic rings. The van der Waals surface area contributed by atoms with Gasteiger partial charge in [0.15, 0.2) is 0 Å². The smallest absolute Gasteiger partial charge is 0.219 e. The number of hydrogen-bond donors (Lipinski definition) is 1. The highest BCUT2D eigenvalue weighted by Crippen LogP contribution is 2.43. The SMILES string of the molecule is CCCC1(CCC)CCCC(NC(=O)CC)C1. The van der Waals surface area contributed by atoms with Crippen LogP contribution in [-0.2, 0) is 4.79 Å². The summed E-state index contributed by atoms with van der Waals surface area (Å²) >= 11 is 0. The van der Waals surface area contributed by atoms with E-state index >= 15 is 0 Å². The minimum atomic E-state index is 0.221. The average molecular weight is 239 g/mol. The molecule has 17 heavy (non-hydrogen) atoms. The molecule has 2 nitrogen and oxygen atoms in total. The summed E-state index contributed by atoms with van der Waals surface area (Å²) in [7, 11) is 0. The zero-order chi connectivity index (χ0) is 12.7. The molecule has 1 unspecified atom stereocenters. The molecule has 1 fully saturated rings. The molecule has 0 saturated heterocycles. The predicted octanol–water partition coefficient (Wildman–Crippen LogP) is 4.04. The van der Waals surface area contributed by atoms with Crippen molar-refractivity contribution in [2.45, 2.75) is 84.6 Å². The van der Waals surface area contributed by atoms with Crippen LogP contribution in [0.1, 0.15) is 78.6 Å². The summed E-state index contributed by atoms with van der Waals surface area (Å²) in [6, 6.07) is 0.439. The molecule has 0 aromatic carbocycles. The molecule has 1 atom stereocenters. The number of carbonyl (C=O) groups is 1. The fourth-order valence-electron chi connectivity index (χ4n) is 3.54. The van der Waals surface area contributed by atoms with Gasteiger partial charge in [-0.1, -0.05) is 40.0 Å². The average Bonchev–Trinajstić information content (AvgIpc) is 2.30. The van der Waals surface area contributed by atoms with Crippen molar-refractivity contribution < 1.29 is 4.79 Å². The molecule has 0 heterocycles. The molecule has 100 valence electrons. The van der Waals surface area contributed by atoms with Crippen LogP contribution in [0.5, 0.6) is 0 Å². The number of nitrogens with one attached hydrogen (secondary N) is 1. The Bertz CT molecular complexity index is 226. The van der Waals surface area contributed by atoms with Crippen molar-refractivity contribution in [3.05, 3.63) is 0 Å². The van der Waals surface area contributed by atoms with Gasteiger partial charge in [-0.15, -0.1) is 0 Å². The Balaban J connectivity index is 2.57. The van der Waals surface area contributed by atoms with Gasteiger partial charge < -0.3 is 5.32 Å². The fourth-order valence-corrected chi connectivity index (χ4v) is 3.54. The standard InChI is InChI=1S/C15H29NO/c1-4-9-15(10-5-2)11-7-8-13(12-15)16-14(17)6-3/h13H,4-12H2,1-3H3,(H,16,17). The summed E-state index contributed by atoms with van der Waals surface area (Å²) < 4.78 is 0. The van der Waals surface area contributed by atoms with E-state index in [0.717, 1.165) is 0 Å². The third-order valence-corrected chi connectivity index (χ3v) is 4.19. The maximum Gasteiger partial charge on any atom is 0.219 e. The van der Waals surface area contributed by atoms with Gasteiger partial charge in [-0.3, -0.25) is 4.79 Å². The third kappa shape index (κ3) is 4.33. The van der Waals surface area contributed by atoms with Gasteiger partial charge in [0, 0.05) is 12.5 Å². The summed E-state index contributed by atoms with van der Waals surface area (Å²) in [6.07, 6.45) is 10.9. The molecule has 1 amide bonds. The van der Waals surface area contributed by atoms with E-state index in [1.54, 1.807) is 0 Å². The van der Waals surface area contributed by atoms with E-state index in [1.165, 1.54) is 51.4 Å². The zero-order valence-corrected chi connectivity index (χ0v) is 11.8. The van der Waals surface area contributed by atoms with Crippen LogP contribution < -0.4 is 5.32 Å². The van der Waals surface area contributed by atoms with E-state index in [4.69, 9.17) is 0 Å². The summed E-state index contributed by atoms with van der Waals surface area (Å²) in [5.41, 5.74) is 0.521. The van der Waals surface area contributed by atoms with Gasteiger partial charge in [0.2, 0.25) is 5.91 Å². The second-order valence-electron chi connectivity index (χ2n) is 5.71. The molecule has 1 N–H and O–H groups in total. The Morgan fingerprint density at radius 2 is 1.88 bits per heavy atom. The van der Waals surface area contributed by atoms with Gasteiger partial charge in [0.25, 0.3) is 0 Å². The lowest BCUT2D eigenvalue weighted by Gasteiger charge is -2.41.